The van der Waals surface area contributed by atoms with Crippen LogP contribution in [-0.4, -0.2) is 44.9 Å². The molecule has 1 fully saturated rings. The fraction of sp³-hybridized carbons (Fsp3) is 0.393. The van der Waals surface area contributed by atoms with Crippen molar-refractivity contribution in [2.24, 2.45) is 5.92 Å². The van der Waals surface area contributed by atoms with Crippen LogP contribution in [0.5, 0.6) is 0 Å². The van der Waals surface area contributed by atoms with Gasteiger partial charge in [0.2, 0.25) is 5.56 Å². The second-order valence-electron chi connectivity index (χ2n) is 10.8. The first kappa shape index (κ1) is 26.8. The molecule has 0 unspecified atom stereocenters. The highest BCUT2D eigenvalue weighted by Crippen LogP contribution is 2.34. The summed E-state index contributed by atoms with van der Waals surface area (Å²) in [6.45, 7) is 9.53. The van der Waals surface area contributed by atoms with Crippen molar-refractivity contribution in [2.75, 3.05) is 17.2 Å². The van der Waals surface area contributed by atoms with Gasteiger partial charge in [0.1, 0.15) is 11.4 Å². The molecule has 38 heavy (non-hydrogen) atoms. The van der Waals surface area contributed by atoms with Crippen molar-refractivity contribution in [1.82, 2.24) is 14.9 Å². The molecule has 0 spiro atoms. The van der Waals surface area contributed by atoms with Crippen molar-refractivity contribution < 1.29 is 19.1 Å². The summed E-state index contributed by atoms with van der Waals surface area (Å²) >= 11 is 0. The second-order valence-corrected chi connectivity index (χ2v) is 10.8. The molecule has 0 bridgehead atoms. The van der Waals surface area contributed by atoms with Gasteiger partial charge in [-0.25, -0.2) is 9.78 Å². The van der Waals surface area contributed by atoms with Crippen LogP contribution in [0.3, 0.4) is 0 Å². The molecule has 1 aliphatic heterocycles. The molecule has 3 aromatic rings. The third-order valence-corrected chi connectivity index (χ3v) is 6.36. The van der Waals surface area contributed by atoms with E-state index in [0.29, 0.717) is 29.1 Å². The van der Waals surface area contributed by atoms with Crippen LogP contribution in [0.4, 0.5) is 16.3 Å². The minimum absolute atomic E-state index is 0.177. The number of carbonyl (C=O) groups excluding carboxylic acids is 3. The Morgan fingerprint density at radius 2 is 1.84 bits per heavy atom. The molecule has 0 aliphatic carbocycles. The highest BCUT2D eigenvalue weighted by molar-refractivity contribution is 6.39. The molecule has 0 radical (unpaired) electrons. The number of H-pyrrole nitrogens is 1. The number of likely N-dealkylation sites (tertiary alicyclic amines) is 1. The number of fused-ring (bicyclic) bond motifs is 1. The maximum Gasteiger partial charge on any atom is 0.413 e. The molecule has 0 saturated carbocycles. The average molecular weight is 520 g/mol. The fourth-order valence-corrected chi connectivity index (χ4v) is 4.59. The Labute approximate surface area is 220 Å². The van der Waals surface area contributed by atoms with E-state index in [1.807, 2.05) is 18.2 Å². The molecular formula is C28H33N5O5. The summed E-state index contributed by atoms with van der Waals surface area (Å²) in [6, 6.07) is 10.3. The van der Waals surface area contributed by atoms with E-state index in [1.54, 1.807) is 44.7 Å². The van der Waals surface area contributed by atoms with Crippen LogP contribution in [0.2, 0.25) is 0 Å². The topological polar surface area (TPSA) is 133 Å². The molecule has 4 rings (SSSR count). The fourth-order valence-electron chi connectivity index (χ4n) is 4.59. The number of rotatable bonds is 3. The Morgan fingerprint density at radius 1 is 1.08 bits per heavy atom. The summed E-state index contributed by atoms with van der Waals surface area (Å²) in [5.74, 6) is -0.840. The van der Waals surface area contributed by atoms with Crippen LogP contribution in [0.1, 0.15) is 57.7 Å². The second kappa shape index (κ2) is 10.6. The van der Waals surface area contributed by atoms with Gasteiger partial charge in [0.05, 0.1) is 17.9 Å². The summed E-state index contributed by atoms with van der Waals surface area (Å²) in [6.07, 6.45) is 2.39. The number of aryl methyl sites for hydroxylation is 1. The van der Waals surface area contributed by atoms with Crippen molar-refractivity contribution in [3.05, 3.63) is 64.1 Å². The number of hydrogen-bond acceptors (Lipinski definition) is 6. The smallest absolute Gasteiger partial charge is 0.413 e. The first-order chi connectivity index (χ1) is 17.9. The summed E-state index contributed by atoms with van der Waals surface area (Å²) in [5, 5.41) is 6.09. The number of benzene rings is 1. The van der Waals surface area contributed by atoms with Crippen LogP contribution in [-0.2, 0) is 14.3 Å². The molecule has 200 valence electrons. The lowest BCUT2D eigenvalue weighted by molar-refractivity contribution is -0.146. The molecule has 3 amide bonds. The van der Waals surface area contributed by atoms with Crippen LogP contribution in [0.25, 0.3) is 10.9 Å². The van der Waals surface area contributed by atoms with Crippen LogP contribution in [0.15, 0.2) is 47.4 Å². The van der Waals surface area contributed by atoms with E-state index >= 15 is 0 Å². The van der Waals surface area contributed by atoms with Gasteiger partial charge < -0.3 is 19.9 Å². The normalized spacial score (nSPS) is 17.7. The van der Waals surface area contributed by atoms with Gasteiger partial charge >= 0.3 is 17.9 Å². The number of ether oxygens (including phenoxy) is 1. The third-order valence-electron chi connectivity index (χ3n) is 6.36. The maximum atomic E-state index is 13.3. The molecule has 1 aromatic carbocycles. The number of anilines is 2. The average Bonchev–Trinajstić information content (AvgIpc) is 2.83. The number of hydrogen-bond donors (Lipinski definition) is 3. The molecule has 3 heterocycles. The molecule has 1 saturated heterocycles. The summed E-state index contributed by atoms with van der Waals surface area (Å²) in [5.41, 5.74) is 1.73. The standard InChI is InChI=1S/C28H33N5O5/c1-16-6-10-22(19-7-9-21-18(13-19)8-11-23(34)31-21)33(15-16)26(36)25(35)30-20-12-17(2)24(29-14-20)32-27(37)38-28(3,4)5/h7-9,11-14,16,22H,6,10,15H2,1-5H3,(H,30,35)(H,31,34)(H,29,32,37)/t16-,22+/m0/s1. The van der Waals surface area contributed by atoms with Gasteiger partial charge in [0.25, 0.3) is 0 Å². The number of nitrogens with one attached hydrogen (secondary N) is 3. The number of carbonyl (C=O) groups is 3. The van der Waals surface area contributed by atoms with Crippen LogP contribution in [0, 0.1) is 12.8 Å². The lowest BCUT2D eigenvalue weighted by Crippen LogP contribution is -2.46. The first-order valence-corrected chi connectivity index (χ1v) is 12.6. The van der Waals surface area contributed by atoms with Gasteiger partial charge in [-0.1, -0.05) is 13.0 Å². The number of aromatic nitrogens is 2. The zero-order valence-electron chi connectivity index (χ0n) is 22.3. The van der Waals surface area contributed by atoms with Gasteiger partial charge in [-0.3, -0.25) is 19.7 Å². The van der Waals surface area contributed by atoms with Gasteiger partial charge in [-0.2, -0.15) is 0 Å². The molecule has 1 aliphatic rings. The Morgan fingerprint density at radius 3 is 2.55 bits per heavy atom. The largest absolute Gasteiger partial charge is 0.444 e. The maximum absolute atomic E-state index is 13.3. The van der Waals surface area contributed by atoms with Gasteiger partial charge in [0.15, 0.2) is 0 Å². The number of piperidine rings is 1. The molecule has 3 N–H and O–H groups in total. The summed E-state index contributed by atoms with van der Waals surface area (Å²) < 4.78 is 5.25. The van der Waals surface area contributed by atoms with Crippen LogP contribution < -0.4 is 16.2 Å². The first-order valence-electron chi connectivity index (χ1n) is 12.6. The molecule has 2 atom stereocenters. The quantitative estimate of drug-likeness (QED) is 0.436. The predicted molar refractivity (Wildman–Crippen MR) is 145 cm³/mol. The number of nitrogens with zero attached hydrogens (tertiary/aromatic N) is 2. The zero-order valence-corrected chi connectivity index (χ0v) is 22.3. The minimum atomic E-state index is -0.761. The Kier molecular flexibility index (Phi) is 7.52. The molecule has 2 aromatic heterocycles. The van der Waals surface area contributed by atoms with E-state index < -0.39 is 23.5 Å². The Balaban J connectivity index is 1.49. The van der Waals surface area contributed by atoms with E-state index in [9.17, 15) is 19.2 Å². The molecule has 10 nitrogen and oxygen atoms in total. The van der Waals surface area contributed by atoms with Gasteiger partial charge in [-0.05, 0) is 87.2 Å². The number of amides is 3. The van der Waals surface area contributed by atoms with Crippen molar-refractivity contribution in [3.8, 4) is 0 Å². The van der Waals surface area contributed by atoms with E-state index in [1.165, 1.54) is 12.3 Å². The Bertz CT molecular complexity index is 1440. The van der Waals surface area contributed by atoms with Crippen molar-refractivity contribution in [2.45, 2.75) is 59.1 Å². The van der Waals surface area contributed by atoms with Crippen molar-refractivity contribution in [1.29, 1.82) is 0 Å². The van der Waals surface area contributed by atoms with E-state index in [-0.39, 0.29) is 17.5 Å². The molecule has 10 heteroatoms. The lowest BCUT2D eigenvalue weighted by atomic mass is 9.89. The number of pyridine rings is 2. The SMILES string of the molecule is Cc1cc(NC(=O)C(=O)N2C[C@@H](C)CC[C@@H]2c2ccc3[nH]c(=O)ccc3c2)cnc1NC(=O)OC(C)(C)C. The van der Waals surface area contributed by atoms with E-state index in [2.05, 4.69) is 27.5 Å². The van der Waals surface area contributed by atoms with E-state index in [4.69, 9.17) is 4.74 Å². The lowest BCUT2D eigenvalue weighted by Gasteiger charge is -2.38. The third kappa shape index (κ3) is 6.37. The highest BCUT2D eigenvalue weighted by Gasteiger charge is 2.34. The van der Waals surface area contributed by atoms with Gasteiger partial charge in [-0.15, -0.1) is 0 Å². The van der Waals surface area contributed by atoms with Crippen LogP contribution >= 0.6 is 0 Å². The van der Waals surface area contributed by atoms with Gasteiger partial charge in [0, 0.05) is 18.1 Å². The monoisotopic (exact) mass is 519 g/mol. The predicted octanol–water partition coefficient (Wildman–Crippen LogP) is 4.52. The molecular weight excluding hydrogens is 486 g/mol. The van der Waals surface area contributed by atoms with Crippen molar-refractivity contribution in [3.63, 3.8) is 0 Å². The Hall–Kier alpha value is -4.21. The number of aromatic amines is 1. The zero-order chi connectivity index (χ0) is 27.6. The summed E-state index contributed by atoms with van der Waals surface area (Å²) in [7, 11) is 0. The minimum Gasteiger partial charge on any atom is -0.444 e. The van der Waals surface area contributed by atoms with Crippen molar-refractivity contribution >= 4 is 40.3 Å². The van der Waals surface area contributed by atoms with E-state index in [0.717, 1.165) is 23.8 Å². The summed E-state index contributed by atoms with van der Waals surface area (Å²) in [4.78, 5) is 58.7. The highest BCUT2D eigenvalue weighted by atomic mass is 16.6.